The van der Waals surface area contributed by atoms with Gasteiger partial charge in [0, 0.05) is 5.69 Å². The quantitative estimate of drug-likeness (QED) is 0.240. The second-order valence-corrected chi connectivity index (χ2v) is 8.71. The van der Waals surface area contributed by atoms with Crippen LogP contribution < -0.4 is 15.1 Å². The Labute approximate surface area is 212 Å². The SMILES string of the molecule is CCCCOC(=O)c1ccc(N2C(=O)c3oc4ccc(F)cc4c(=O)c3C2c2cccc(OC)c2)cc1. The van der Waals surface area contributed by atoms with E-state index in [1.54, 1.807) is 48.5 Å². The zero-order valence-electron chi connectivity index (χ0n) is 20.3. The van der Waals surface area contributed by atoms with Crippen LogP contribution in [0.1, 0.15) is 57.8 Å². The lowest BCUT2D eigenvalue weighted by Crippen LogP contribution is -2.29. The van der Waals surface area contributed by atoms with E-state index in [9.17, 15) is 18.8 Å². The highest BCUT2D eigenvalue weighted by Crippen LogP contribution is 2.42. The van der Waals surface area contributed by atoms with Gasteiger partial charge in [0.25, 0.3) is 5.91 Å². The van der Waals surface area contributed by atoms with Crippen molar-refractivity contribution >= 4 is 28.5 Å². The zero-order chi connectivity index (χ0) is 26.1. The van der Waals surface area contributed by atoms with Crippen molar-refractivity contribution in [3.63, 3.8) is 0 Å². The molecule has 0 spiro atoms. The van der Waals surface area contributed by atoms with Gasteiger partial charge in [-0.15, -0.1) is 0 Å². The molecule has 37 heavy (non-hydrogen) atoms. The van der Waals surface area contributed by atoms with Crippen LogP contribution in [-0.2, 0) is 4.74 Å². The van der Waals surface area contributed by atoms with Crippen LogP contribution in [0.2, 0.25) is 0 Å². The highest BCUT2D eigenvalue weighted by molar-refractivity contribution is 6.10. The summed E-state index contributed by atoms with van der Waals surface area (Å²) < 4.78 is 30.5. The average molecular weight is 502 g/mol. The molecular formula is C29H24FNO6. The monoisotopic (exact) mass is 501 g/mol. The van der Waals surface area contributed by atoms with E-state index in [0.29, 0.717) is 29.2 Å². The van der Waals surface area contributed by atoms with Crippen LogP contribution in [0.3, 0.4) is 0 Å². The van der Waals surface area contributed by atoms with E-state index >= 15 is 0 Å². The van der Waals surface area contributed by atoms with Crippen molar-refractivity contribution in [1.29, 1.82) is 0 Å². The minimum absolute atomic E-state index is 0.0477. The van der Waals surface area contributed by atoms with Gasteiger partial charge in [0.15, 0.2) is 5.43 Å². The number of unbranched alkanes of at least 4 members (excludes halogenated alkanes) is 1. The molecule has 0 aliphatic carbocycles. The smallest absolute Gasteiger partial charge is 0.338 e. The first-order chi connectivity index (χ1) is 17.9. The Morgan fingerprint density at radius 3 is 2.57 bits per heavy atom. The summed E-state index contributed by atoms with van der Waals surface area (Å²) in [5.74, 6) is -1.13. The van der Waals surface area contributed by atoms with E-state index in [1.165, 1.54) is 24.1 Å². The number of carbonyl (C=O) groups excluding carboxylic acids is 2. The summed E-state index contributed by atoms with van der Waals surface area (Å²) in [6.45, 7) is 2.34. The number of anilines is 1. The van der Waals surface area contributed by atoms with Gasteiger partial charge < -0.3 is 13.9 Å². The topological polar surface area (TPSA) is 86.0 Å². The van der Waals surface area contributed by atoms with Crippen molar-refractivity contribution in [2.75, 3.05) is 18.6 Å². The molecule has 1 aliphatic rings. The van der Waals surface area contributed by atoms with Gasteiger partial charge in [0.2, 0.25) is 5.76 Å². The van der Waals surface area contributed by atoms with Crippen molar-refractivity contribution in [3.8, 4) is 5.75 Å². The van der Waals surface area contributed by atoms with Gasteiger partial charge in [-0.1, -0.05) is 25.5 Å². The Morgan fingerprint density at radius 1 is 1.05 bits per heavy atom. The van der Waals surface area contributed by atoms with E-state index in [2.05, 4.69) is 0 Å². The number of hydrogen-bond acceptors (Lipinski definition) is 6. The van der Waals surface area contributed by atoms with Crippen molar-refractivity contribution in [2.45, 2.75) is 25.8 Å². The van der Waals surface area contributed by atoms with E-state index in [4.69, 9.17) is 13.9 Å². The summed E-state index contributed by atoms with van der Waals surface area (Å²) in [5.41, 5.74) is 1.14. The summed E-state index contributed by atoms with van der Waals surface area (Å²) in [6.07, 6.45) is 1.68. The normalized spacial score (nSPS) is 14.6. The Bertz CT molecular complexity index is 1560. The van der Waals surface area contributed by atoms with Crippen LogP contribution >= 0.6 is 0 Å². The third-order valence-corrected chi connectivity index (χ3v) is 6.35. The predicted molar refractivity (Wildman–Crippen MR) is 136 cm³/mol. The Balaban J connectivity index is 1.63. The molecule has 2 heterocycles. The van der Waals surface area contributed by atoms with Gasteiger partial charge in [-0.25, -0.2) is 9.18 Å². The number of amides is 1. The summed E-state index contributed by atoms with van der Waals surface area (Å²) in [7, 11) is 1.52. The third kappa shape index (κ3) is 4.35. The Morgan fingerprint density at radius 2 is 1.84 bits per heavy atom. The van der Waals surface area contributed by atoms with E-state index in [1.807, 2.05) is 6.92 Å². The van der Waals surface area contributed by atoms with Gasteiger partial charge >= 0.3 is 5.97 Å². The molecule has 7 nitrogen and oxygen atoms in total. The molecule has 188 valence electrons. The Hall–Kier alpha value is -4.46. The predicted octanol–water partition coefficient (Wildman–Crippen LogP) is 5.65. The first-order valence-corrected chi connectivity index (χ1v) is 11.9. The number of nitrogens with zero attached hydrogens (tertiary/aromatic N) is 1. The van der Waals surface area contributed by atoms with E-state index < -0.39 is 29.2 Å². The second-order valence-electron chi connectivity index (χ2n) is 8.71. The lowest BCUT2D eigenvalue weighted by molar-refractivity contribution is 0.0499. The summed E-state index contributed by atoms with van der Waals surface area (Å²) in [6, 6.07) is 16.2. The van der Waals surface area contributed by atoms with Gasteiger partial charge in [0.05, 0.1) is 36.3 Å². The van der Waals surface area contributed by atoms with Crippen molar-refractivity contribution in [1.82, 2.24) is 0 Å². The molecule has 1 aromatic heterocycles. The summed E-state index contributed by atoms with van der Waals surface area (Å²) in [4.78, 5) is 41.1. The van der Waals surface area contributed by atoms with Crippen LogP contribution in [-0.4, -0.2) is 25.6 Å². The van der Waals surface area contributed by atoms with Gasteiger partial charge in [-0.2, -0.15) is 0 Å². The van der Waals surface area contributed by atoms with Gasteiger partial charge in [-0.05, 0) is 66.6 Å². The average Bonchev–Trinajstić information content (AvgIpc) is 3.21. The van der Waals surface area contributed by atoms with E-state index in [0.717, 1.165) is 18.9 Å². The molecular weight excluding hydrogens is 477 g/mol. The molecule has 5 rings (SSSR count). The third-order valence-electron chi connectivity index (χ3n) is 6.35. The number of esters is 1. The number of benzene rings is 3. The maximum Gasteiger partial charge on any atom is 0.338 e. The number of halogens is 1. The lowest BCUT2D eigenvalue weighted by Gasteiger charge is -2.25. The molecule has 4 aromatic rings. The molecule has 0 bridgehead atoms. The highest BCUT2D eigenvalue weighted by atomic mass is 19.1. The molecule has 1 aliphatic heterocycles. The molecule has 0 radical (unpaired) electrons. The first-order valence-electron chi connectivity index (χ1n) is 11.9. The molecule has 1 unspecified atom stereocenters. The zero-order valence-corrected chi connectivity index (χ0v) is 20.3. The fraction of sp³-hybridized carbons (Fsp3) is 0.207. The lowest BCUT2D eigenvalue weighted by atomic mass is 9.98. The number of fused-ring (bicyclic) bond motifs is 2. The van der Waals surface area contributed by atoms with Crippen LogP contribution in [0.25, 0.3) is 11.0 Å². The number of methoxy groups -OCH3 is 1. The minimum atomic E-state index is -0.858. The van der Waals surface area contributed by atoms with Gasteiger partial charge in [-0.3, -0.25) is 14.5 Å². The van der Waals surface area contributed by atoms with Gasteiger partial charge in [0.1, 0.15) is 17.1 Å². The van der Waals surface area contributed by atoms with Crippen LogP contribution in [0.15, 0.2) is 75.9 Å². The molecule has 0 saturated carbocycles. The van der Waals surface area contributed by atoms with Crippen LogP contribution in [0, 0.1) is 5.82 Å². The number of ether oxygens (including phenoxy) is 2. The molecule has 0 N–H and O–H groups in total. The van der Waals surface area contributed by atoms with Crippen molar-refractivity contribution < 1.29 is 27.9 Å². The Kier molecular flexibility index (Phi) is 6.48. The largest absolute Gasteiger partial charge is 0.497 e. The second kappa shape index (κ2) is 9.89. The number of carbonyl (C=O) groups is 2. The number of hydrogen-bond donors (Lipinski definition) is 0. The standard InChI is InChI=1S/C29H24FNO6/c1-3-4-14-36-29(34)17-8-11-20(12-9-17)31-25(18-6-5-7-21(15-18)35-2)24-26(32)22-16-19(30)10-13-23(22)37-27(24)28(31)33/h5-13,15-16,25H,3-4,14H2,1-2H3. The maximum absolute atomic E-state index is 14.0. The first kappa shape index (κ1) is 24.2. The molecule has 0 fully saturated rings. The molecule has 3 aromatic carbocycles. The van der Waals surface area contributed by atoms with Crippen molar-refractivity contribution in [2.24, 2.45) is 0 Å². The van der Waals surface area contributed by atoms with E-state index in [-0.39, 0.29) is 22.3 Å². The summed E-state index contributed by atoms with van der Waals surface area (Å²) >= 11 is 0. The molecule has 0 saturated heterocycles. The fourth-order valence-corrected chi connectivity index (χ4v) is 4.49. The molecule has 8 heteroatoms. The summed E-state index contributed by atoms with van der Waals surface area (Å²) in [5, 5.41) is 0.0477. The maximum atomic E-state index is 14.0. The van der Waals surface area contributed by atoms with Crippen LogP contribution in [0.5, 0.6) is 5.75 Å². The number of rotatable bonds is 7. The fourth-order valence-electron chi connectivity index (χ4n) is 4.49. The minimum Gasteiger partial charge on any atom is -0.497 e. The van der Waals surface area contributed by atoms with Crippen LogP contribution in [0.4, 0.5) is 10.1 Å². The van der Waals surface area contributed by atoms with Crippen molar-refractivity contribution in [3.05, 3.63) is 105 Å². The molecule has 1 amide bonds. The molecule has 1 atom stereocenters. The highest BCUT2D eigenvalue weighted by Gasteiger charge is 2.43.